The number of rotatable bonds is 10. The van der Waals surface area contributed by atoms with E-state index in [0.29, 0.717) is 55.7 Å². The Morgan fingerprint density at radius 2 is 1.88 bits per heavy atom. The summed E-state index contributed by atoms with van der Waals surface area (Å²) in [5, 5.41) is 0.456. The molecule has 1 aromatic heterocycles. The fourth-order valence-corrected chi connectivity index (χ4v) is 6.12. The maximum atomic E-state index is 14.1. The molecule has 9 heteroatoms. The Labute approximate surface area is 253 Å². The van der Waals surface area contributed by atoms with Gasteiger partial charge in [-0.05, 0) is 60.9 Å². The molecule has 4 aromatic rings. The van der Waals surface area contributed by atoms with Gasteiger partial charge >= 0.3 is 5.97 Å². The van der Waals surface area contributed by atoms with Crippen LogP contribution >= 0.6 is 22.9 Å². The minimum atomic E-state index is -0.821. The van der Waals surface area contributed by atoms with Gasteiger partial charge in [0.1, 0.15) is 24.1 Å². The second-order valence-electron chi connectivity index (χ2n) is 9.65. The van der Waals surface area contributed by atoms with E-state index in [1.54, 1.807) is 36.8 Å². The predicted octanol–water partition coefficient (Wildman–Crippen LogP) is 5.82. The van der Waals surface area contributed by atoms with E-state index in [1.807, 2.05) is 67.6 Å². The van der Waals surface area contributed by atoms with Crippen molar-refractivity contribution in [1.29, 1.82) is 0 Å². The average Bonchev–Trinajstić information content (AvgIpc) is 3.30. The number of carbonyl (C=O) groups is 1. The number of carbonyl (C=O) groups excluding carboxylic acids is 1. The molecule has 0 unspecified atom stereocenters. The third-order valence-corrected chi connectivity index (χ3v) is 8.00. The number of nitrogens with zero attached hydrogens (tertiary/aromatic N) is 2. The third kappa shape index (κ3) is 6.20. The summed E-state index contributed by atoms with van der Waals surface area (Å²) < 4.78 is 19.2. The summed E-state index contributed by atoms with van der Waals surface area (Å²) in [6.45, 7) is 4.39. The van der Waals surface area contributed by atoms with E-state index in [-0.39, 0.29) is 12.2 Å². The van der Waals surface area contributed by atoms with Gasteiger partial charge in [0, 0.05) is 10.6 Å². The van der Waals surface area contributed by atoms with Crippen LogP contribution in [0.15, 0.2) is 93.9 Å². The molecule has 1 aliphatic heterocycles. The summed E-state index contributed by atoms with van der Waals surface area (Å²) in [7, 11) is 1.55. The zero-order valence-electron chi connectivity index (χ0n) is 23.6. The molecule has 0 N–H and O–H groups in total. The van der Waals surface area contributed by atoms with Crippen molar-refractivity contribution in [1.82, 2.24) is 4.57 Å². The van der Waals surface area contributed by atoms with Crippen molar-refractivity contribution in [3.05, 3.63) is 125 Å². The number of fused-ring (bicyclic) bond motifs is 1. The summed E-state index contributed by atoms with van der Waals surface area (Å²) >= 11 is 7.70. The van der Waals surface area contributed by atoms with E-state index in [0.717, 1.165) is 17.5 Å². The predicted molar refractivity (Wildman–Crippen MR) is 165 cm³/mol. The van der Waals surface area contributed by atoms with Crippen LogP contribution < -0.4 is 24.4 Å². The summed E-state index contributed by atoms with van der Waals surface area (Å²) in [6.07, 6.45) is 3.12. The topological polar surface area (TPSA) is 79.1 Å². The van der Waals surface area contributed by atoms with Gasteiger partial charge < -0.3 is 14.2 Å². The first kappa shape index (κ1) is 29.4. The van der Waals surface area contributed by atoms with Crippen LogP contribution in [-0.2, 0) is 16.1 Å². The molecule has 0 amide bonds. The van der Waals surface area contributed by atoms with Gasteiger partial charge in [-0.2, -0.15) is 0 Å². The molecule has 0 saturated heterocycles. The van der Waals surface area contributed by atoms with Crippen LogP contribution in [0, 0.1) is 0 Å². The Balaban J connectivity index is 1.64. The first-order valence-electron chi connectivity index (χ1n) is 13.8. The Morgan fingerprint density at radius 3 is 2.62 bits per heavy atom. The maximum Gasteiger partial charge on any atom is 0.338 e. The number of aromatic nitrogens is 1. The zero-order chi connectivity index (χ0) is 29.6. The largest absolute Gasteiger partial charge is 0.496 e. The molecule has 42 heavy (non-hydrogen) atoms. The summed E-state index contributed by atoms with van der Waals surface area (Å²) in [5.41, 5.74) is 3.08. The lowest BCUT2D eigenvalue weighted by atomic mass is 9.93. The van der Waals surface area contributed by atoms with Gasteiger partial charge in [0.25, 0.3) is 5.56 Å². The molecule has 5 rings (SSSR count). The minimum Gasteiger partial charge on any atom is -0.496 e. The zero-order valence-corrected chi connectivity index (χ0v) is 25.2. The van der Waals surface area contributed by atoms with Gasteiger partial charge in [0.2, 0.25) is 0 Å². The van der Waals surface area contributed by atoms with Crippen molar-refractivity contribution in [3.63, 3.8) is 0 Å². The lowest BCUT2D eigenvalue weighted by Gasteiger charge is -2.27. The van der Waals surface area contributed by atoms with Crippen molar-refractivity contribution in [2.24, 2.45) is 4.99 Å². The highest BCUT2D eigenvalue weighted by Gasteiger charge is 2.36. The molecule has 0 radical (unpaired) electrons. The molecule has 216 valence electrons. The molecule has 0 saturated carbocycles. The number of thiazole rings is 1. The molecule has 3 aromatic carbocycles. The highest BCUT2D eigenvalue weighted by Crippen LogP contribution is 2.38. The van der Waals surface area contributed by atoms with Crippen molar-refractivity contribution in [2.75, 3.05) is 13.7 Å². The number of benzene rings is 3. The van der Waals surface area contributed by atoms with Gasteiger partial charge in [-0.15, -0.1) is 0 Å². The lowest BCUT2D eigenvalue weighted by Crippen LogP contribution is -2.40. The molecule has 1 atom stereocenters. The fourth-order valence-electron chi connectivity index (χ4n) is 4.92. The van der Waals surface area contributed by atoms with Crippen molar-refractivity contribution in [3.8, 4) is 11.5 Å². The number of allylic oxidation sites excluding steroid dienone is 1. The Hall–Kier alpha value is -4.14. The molecule has 0 spiro atoms. The van der Waals surface area contributed by atoms with E-state index in [2.05, 4.69) is 0 Å². The standard InChI is InChI=1S/C33H31ClN2O5S/c1-4-10-26-29(32(38)40-5-2)30(25-19-23(34)15-16-27(25)39-3)36-31(37)28(42-33(36)35-26)18-22-13-9-14-24(17-22)41-20-21-11-7-6-8-12-21/h6-9,11-19,30H,4-5,10,20H2,1-3H3/b28-18+/t30-/m0/s1. The molecular formula is C33H31ClN2O5S. The first-order valence-corrected chi connectivity index (χ1v) is 14.9. The Kier molecular flexibility index (Phi) is 9.25. The highest BCUT2D eigenvalue weighted by molar-refractivity contribution is 7.07. The quantitative estimate of drug-likeness (QED) is 0.214. The number of ether oxygens (including phenoxy) is 3. The van der Waals surface area contributed by atoms with Crippen LogP contribution in [0.3, 0.4) is 0 Å². The van der Waals surface area contributed by atoms with Crippen molar-refractivity contribution in [2.45, 2.75) is 39.3 Å². The fraction of sp³-hybridized carbons (Fsp3) is 0.242. The molecule has 2 heterocycles. The van der Waals surface area contributed by atoms with E-state index in [4.69, 9.17) is 30.8 Å². The van der Waals surface area contributed by atoms with E-state index < -0.39 is 12.0 Å². The van der Waals surface area contributed by atoms with Gasteiger partial charge in [0.15, 0.2) is 4.80 Å². The molecule has 0 fully saturated rings. The number of halogens is 1. The van der Waals surface area contributed by atoms with Gasteiger partial charge in [-0.1, -0.05) is 78.7 Å². The van der Waals surface area contributed by atoms with Crippen molar-refractivity contribution < 1.29 is 19.0 Å². The second kappa shape index (κ2) is 13.2. The van der Waals surface area contributed by atoms with Crippen LogP contribution in [0.4, 0.5) is 0 Å². The number of esters is 1. The van der Waals surface area contributed by atoms with Gasteiger partial charge in [-0.25, -0.2) is 9.79 Å². The Bertz CT molecular complexity index is 1810. The minimum absolute atomic E-state index is 0.189. The van der Waals surface area contributed by atoms with Crippen LogP contribution in [-0.4, -0.2) is 24.3 Å². The molecule has 0 aliphatic carbocycles. The molecule has 7 nitrogen and oxygen atoms in total. The lowest BCUT2D eigenvalue weighted by molar-refractivity contribution is -0.139. The average molecular weight is 603 g/mol. The summed E-state index contributed by atoms with van der Waals surface area (Å²) in [4.78, 5) is 32.8. The Morgan fingerprint density at radius 1 is 1.07 bits per heavy atom. The number of methoxy groups -OCH3 is 1. The summed E-state index contributed by atoms with van der Waals surface area (Å²) in [5.74, 6) is 0.674. The number of hydrogen-bond donors (Lipinski definition) is 0. The van der Waals surface area contributed by atoms with Crippen molar-refractivity contribution >= 4 is 35.0 Å². The maximum absolute atomic E-state index is 14.1. The van der Waals surface area contributed by atoms with Crippen LogP contribution in [0.5, 0.6) is 11.5 Å². The van der Waals surface area contributed by atoms with E-state index in [9.17, 15) is 9.59 Å². The molecular weight excluding hydrogens is 572 g/mol. The number of hydrogen-bond acceptors (Lipinski definition) is 7. The van der Waals surface area contributed by atoms with E-state index in [1.165, 1.54) is 11.3 Å². The van der Waals surface area contributed by atoms with Crippen LogP contribution in [0.2, 0.25) is 5.02 Å². The molecule has 1 aliphatic rings. The van der Waals surface area contributed by atoms with E-state index >= 15 is 0 Å². The van der Waals surface area contributed by atoms with Gasteiger partial charge in [-0.3, -0.25) is 9.36 Å². The second-order valence-corrected chi connectivity index (χ2v) is 11.1. The summed E-state index contributed by atoms with van der Waals surface area (Å²) in [6, 6.07) is 21.9. The van der Waals surface area contributed by atoms with Crippen LogP contribution in [0.1, 0.15) is 49.4 Å². The third-order valence-electron chi connectivity index (χ3n) is 6.78. The SMILES string of the molecule is CCCC1=C(C(=O)OCC)[C@H](c2cc(Cl)ccc2OC)n2c(s/c(=C/c3cccc(OCc4ccccc4)c3)c2=O)=N1. The normalized spacial score (nSPS) is 14.8. The smallest absolute Gasteiger partial charge is 0.338 e. The van der Waals surface area contributed by atoms with Gasteiger partial charge in [0.05, 0.1) is 29.5 Å². The molecule has 0 bridgehead atoms. The highest BCUT2D eigenvalue weighted by atomic mass is 35.5. The monoisotopic (exact) mass is 602 g/mol. The van der Waals surface area contributed by atoms with Crippen LogP contribution in [0.25, 0.3) is 6.08 Å². The first-order chi connectivity index (χ1) is 20.4.